The first-order valence-electron chi connectivity index (χ1n) is 10.2. The van der Waals surface area contributed by atoms with E-state index in [1.807, 2.05) is 36.1 Å². The van der Waals surface area contributed by atoms with Crippen molar-refractivity contribution in [3.05, 3.63) is 58.8 Å². The number of thiazole rings is 1. The van der Waals surface area contributed by atoms with Crippen molar-refractivity contribution in [2.24, 2.45) is 0 Å². The number of nitrogens with zero attached hydrogens (tertiary/aromatic N) is 2. The maximum absolute atomic E-state index is 13.1. The number of hydrogen-bond donors (Lipinski definition) is 1. The summed E-state index contributed by atoms with van der Waals surface area (Å²) >= 11 is 1.76. The van der Waals surface area contributed by atoms with E-state index >= 15 is 0 Å². The average molecular weight is 423 g/mol. The Morgan fingerprint density at radius 2 is 2.03 bits per heavy atom. The van der Waals surface area contributed by atoms with Crippen LogP contribution in [-0.2, 0) is 6.54 Å². The van der Waals surface area contributed by atoms with Gasteiger partial charge >= 0.3 is 0 Å². The summed E-state index contributed by atoms with van der Waals surface area (Å²) in [4.78, 5) is 21.2. The highest BCUT2D eigenvalue weighted by atomic mass is 32.1. The van der Waals surface area contributed by atoms with Crippen LogP contribution in [0.3, 0.4) is 0 Å². The first-order chi connectivity index (χ1) is 14.6. The number of furan rings is 1. The lowest BCUT2D eigenvalue weighted by Gasteiger charge is -2.31. The molecule has 1 aliphatic rings. The number of carbonyl (C=O) groups excluding carboxylic acids is 1. The molecule has 1 N–H and O–H groups in total. The summed E-state index contributed by atoms with van der Waals surface area (Å²) in [5, 5.41) is 2.09. The van der Waals surface area contributed by atoms with E-state index in [2.05, 4.69) is 18.2 Å². The molecule has 1 fully saturated rings. The summed E-state index contributed by atoms with van der Waals surface area (Å²) in [7, 11) is 1.64. The van der Waals surface area contributed by atoms with Gasteiger partial charge in [0.1, 0.15) is 22.9 Å². The number of ether oxygens (including phenoxy) is 1. The van der Waals surface area contributed by atoms with E-state index in [0.717, 1.165) is 65.5 Å². The maximum Gasteiger partial charge on any atom is 0.290 e. The Morgan fingerprint density at radius 3 is 2.80 bits per heavy atom. The van der Waals surface area contributed by atoms with Crippen molar-refractivity contribution in [3.63, 3.8) is 0 Å². The number of piperazine rings is 1. The zero-order chi connectivity index (χ0) is 20.7. The van der Waals surface area contributed by atoms with E-state index in [0.29, 0.717) is 5.76 Å². The summed E-state index contributed by atoms with van der Waals surface area (Å²) in [5.41, 5.74) is 2.66. The highest BCUT2D eigenvalue weighted by molar-refractivity contribution is 7.18. The van der Waals surface area contributed by atoms with Gasteiger partial charge in [0, 0.05) is 10.9 Å². The van der Waals surface area contributed by atoms with Gasteiger partial charge in [-0.05, 0) is 37.3 Å². The number of benzene rings is 2. The van der Waals surface area contributed by atoms with Gasteiger partial charge in [0.05, 0.1) is 43.5 Å². The lowest BCUT2D eigenvalue weighted by Crippen LogP contribution is -3.13. The zero-order valence-electron chi connectivity index (χ0n) is 17.1. The highest BCUT2D eigenvalue weighted by Gasteiger charge is 2.29. The fraction of sp³-hybridized carbons (Fsp3) is 0.304. The van der Waals surface area contributed by atoms with Gasteiger partial charge in [-0.3, -0.25) is 4.79 Å². The minimum atomic E-state index is -0.0262. The topological polar surface area (TPSA) is 60.0 Å². The molecule has 1 aliphatic heterocycles. The summed E-state index contributed by atoms with van der Waals surface area (Å²) in [6.07, 6.45) is 0. The molecule has 1 amide bonds. The van der Waals surface area contributed by atoms with E-state index < -0.39 is 0 Å². The molecule has 0 radical (unpaired) electrons. The number of carbonyl (C=O) groups is 1. The molecule has 2 aromatic heterocycles. The minimum absolute atomic E-state index is 0.0262. The molecule has 154 valence electrons. The number of fused-ring (bicyclic) bond motifs is 2. The number of amides is 1. The predicted molar refractivity (Wildman–Crippen MR) is 117 cm³/mol. The first-order valence-corrected chi connectivity index (χ1v) is 11.0. The summed E-state index contributed by atoms with van der Waals surface area (Å²) in [6, 6.07) is 13.9. The fourth-order valence-electron chi connectivity index (χ4n) is 4.09. The average Bonchev–Trinajstić information content (AvgIpc) is 3.33. The quantitative estimate of drug-likeness (QED) is 0.549. The van der Waals surface area contributed by atoms with Gasteiger partial charge in [-0.2, -0.15) is 0 Å². The van der Waals surface area contributed by atoms with Gasteiger partial charge in [-0.1, -0.05) is 12.1 Å². The van der Waals surface area contributed by atoms with Crippen LogP contribution in [0.25, 0.3) is 21.2 Å². The molecule has 2 aromatic carbocycles. The van der Waals surface area contributed by atoms with E-state index in [1.165, 1.54) is 9.60 Å². The van der Waals surface area contributed by atoms with Crippen LogP contribution in [0.5, 0.6) is 5.75 Å². The molecule has 0 unspecified atom stereocenters. The third-order valence-electron chi connectivity index (χ3n) is 5.83. The largest absolute Gasteiger partial charge is 0.497 e. The van der Waals surface area contributed by atoms with Crippen molar-refractivity contribution in [1.29, 1.82) is 0 Å². The fourth-order valence-corrected chi connectivity index (χ4v) is 5.13. The van der Waals surface area contributed by atoms with Crippen LogP contribution in [0, 0.1) is 6.92 Å². The van der Waals surface area contributed by atoms with Gasteiger partial charge in [0.2, 0.25) is 0 Å². The Balaban J connectivity index is 1.26. The van der Waals surface area contributed by atoms with Gasteiger partial charge in [0.25, 0.3) is 5.91 Å². The minimum Gasteiger partial charge on any atom is -0.497 e. The third kappa shape index (κ3) is 3.44. The standard InChI is InChI=1S/C23H23N3O3S/c1-15-17-13-16(28-2)7-8-19(17)29-22(15)23(27)26-11-9-25(10-12-26)14-21-24-18-5-3-4-6-20(18)30-21/h3-8,13H,9-12,14H2,1-2H3/p+1. The van der Waals surface area contributed by atoms with Crippen LogP contribution < -0.4 is 9.64 Å². The number of quaternary nitrogens is 1. The molecule has 1 saturated heterocycles. The van der Waals surface area contributed by atoms with Crippen LogP contribution in [0.15, 0.2) is 46.9 Å². The molecular formula is C23H24N3O3S+. The monoisotopic (exact) mass is 422 g/mol. The van der Waals surface area contributed by atoms with Crippen molar-refractivity contribution < 1.29 is 18.8 Å². The number of para-hydroxylation sites is 1. The van der Waals surface area contributed by atoms with Crippen LogP contribution in [0.2, 0.25) is 0 Å². The molecule has 0 spiro atoms. The van der Waals surface area contributed by atoms with Crippen LogP contribution in [0.1, 0.15) is 21.1 Å². The highest BCUT2D eigenvalue weighted by Crippen LogP contribution is 2.29. The van der Waals surface area contributed by atoms with Crippen molar-refractivity contribution >= 4 is 38.4 Å². The maximum atomic E-state index is 13.1. The predicted octanol–water partition coefficient (Wildman–Crippen LogP) is 2.90. The van der Waals surface area contributed by atoms with Gasteiger partial charge < -0.3 is 19.0 Å². The Kier molecular flexibility index (Phi) is 4.92. The summed E-state index contributed by atoms with van der Waals surface area (Å²) in [6.45, 7) is 6.11. The van der Waals surface area contributed by atoms with Gasteiger partial charge in [-0.25, -0.2) is 4.98 Å². The van der Waals surface area contributed by atoms with E-state index in [1.54, 1.807) is 18.4 Å². The lowest BCUT2D eigenvalue weighted by molar-refractivity contribution is -0.917. The molecule has 6 nitrogen and oxygen atoms in total. The van der Waals surface area contributed by atoms with Gasteiger partial charge in [-0.15, -0.1) is 11.3 Å². The zero-order valence-corrected chi connectivity index (χ0v) is 17.9. The number of aromatic nitrogens is 1. The molecule has 0 atom stereocenters. The van der Waals surface area contributed by atoms with E-state index in [9.17, 15) is 4.79 Å². The molecule has 0 saturated carbocycles. The summed E-state index contributed by atoms with van der Waals surface area (Å²) < 4.78 is 12.4. The Bertz CT molecular complexity index is 1190. The van der Waals surface area contributed by atoms with Crippen LogP contribution in [-0.4, -0.2) is 49.1 Å². The van der Waals surface area contributed by atoms with Crippen molar-refractivity contribution in [2.75, 3.05) is 33.3 Å². The third-order valence-corrected chi connectivity index (χ3v) is 6.87. The van der Waals surface area contributed by atoms with Crippen LogP contribution >= 0.6 is 11.3 Å². The second-order valence-electron chi connectivity index (χ2n) is 7.71. The lowest BCUT2D eigenvalue weighted by atomic mass is 10.1. The smallest absolute Gasteiger partial charge is 0.290 e. The van der Waals surface area contributed by atoms with E-state index in [4.69, 9.17) is 14.1 Å². The normalized spacial score (nSPS) is 15.2. The molecular weight excluding hydrogens is 398 g/mol. The van der Waals surface area contributed by atoms with Crippen molar-refractivity contribution in [1.82, 2.24) is 9.88 Å². The van der Waals surface area contributed by atoms with Crippen molar-refractivity contribution in [3.8, 4) is 5.75 Å². The molecule has 0 aliphatic carbocycles. The second kappa shape index (κ2) is 7.74. The molecule has 5 rings (SSSR count). The number of nitrogens with one attached hydrogen (secondary N) is 1. The van der Waals surface area contributed by atoms with Crippen LogP contribution in [0.4, 0.5) is 0 Å². The number of hydrogen-bond acceptors (Lipinski definition) is 5. The SMILES string of the molecule is COc1ccc2oc(C(=O)N3CC[NH+](Cc4nc5ccccc5s4)CC3)c(C)c2c1. The Morgan fingerprint density at radius 1 is 1.23 bits per heavy atom. The first kappa shape index (κ1) is 19.1. The molecule has 7 heteroatoms. The molecule has 0 bridgehead atoms. The number of aryl methyl sites for hydroxylation is 1. The number of methoxy groups -OCH3 is 1. The molecule has 30 heavy (non-hydrogen) atoms. The Labute approximate surface area is 178 Å². The molecule has 4 aromatic rings. The second-order valence-corrected chi connectivity index (χ2v) is 8.83. The molecule has 3 heterocycles. The van der Waals surface area contributed by atoms with Gasteiger partial charge in [0.15, 0.2) is 5.76 Å². The Hall–Kier alpha value is -2.90. The van der Waals surface area contributed by atoms with Crippen molar-refractivity contribution in [2.45, 2.75) is 13.5 Å². The summed E-state index contributed by atoms with van der Waals surface area (Å²) in [5.74, 6) is 1.17. The number of rotatable bonds is 4. The van der Waals surface area contributed by atoms with E-state index in [-0.39, 0.29) is 5.91 Å².